The molecule has 2 aliphatic rings. The van der Waals surface area contributed by atoms with Crippen molar-refractivity contribution in [1.82, 2.24) is 10.2 Å². The van der Waals surface area contributed by atoms with Crippen molar-refractivity contribution in [2.45, 2.75) is 44.3 Å². The Kier molecular flexibility index (Phi) is 7.65. The fourth-order valence-corrected chi connectivity index (χ4v) is 5.63. The van der Waals surface area contributed by atoms with Crippen LogP contribution in [0.4, 0.5) is 18.9 Å². The van der Waals surface area contributed by atoms with Gasteiger partial charge in [-0.2, -0.15) is 13.2 Å². The molecule has 9 heteroatoms. The summed E-state index contributed by atoms with van der Waals surface area (Å²) in [6.45, 7) is 0.814. The Morgan fingerprint density at radius 1 is 0.975 bits per heavy atom. The van der Waals surface area contributed by atoms with E-state index in [2.05, 4.69) is 5.32 Å². The molecule has 1 heterocycles. The maximum Gasteiger partial charge on any atom is 0.406 e. The summed E-state index contributed by atoms with van der Waals surface area (Å²) in [5.41, 5.74) is 3.56. The number of hydrogen-bond acceptors (Lipinski definition) is 3. The van der Waals surface area contributed by atoms with Crippen LogP contribution >= 0.6 is 0 Å². The summed E-state index contributed by atoms with van der Waals surface area (Å²) >= 11 is 0. The fraction of sp³-hybridized carbons (Fsp3) is 0.323. The Hall–Kier alpha value is -4.14. The largest absolute Gasteiger partial charge is 0.406 e. The second-order valence-corrected chi connectivity index (χ2v) is 10.2. The highest BCUT2D eigenvalue weighted by Crippen LogP contribution is 2.50. The van der Waals surface area contributed by atoms with Gasteiger partial charge in [0.05, 0.1) is 5.92 Å². The summed E-state index contributed by atoms with van der Waals surface area (Å²) in [5.74, 6) is -2.30. The minimum atomic E-state index is -4.54. The predicted molar refractivity (Wildman–Crippen MR) is 146 cm³/mol. The first kappa shape index (κ1) is 27.4. The summed E-state index contributed by atoms with van der Waals surface area (Å²) in [7, 11) is 0. The Labute approximate surface area is 230 Å². The molecule has 0 aromatic heterocycles. The lowest BCUT2D eigenvalue weighted by molar-refractivity contribution is -0.161. The maximum atomic E-state index is 13.9. The van der Waals surface area contributed by atoms with E-state index in [0.29, 0.717) is 48.2 Å². The first-order valence-electron chi connectivity index (χ1n) is 13.4. The van der Waals surface area contributed by atoms with Crippen LogP contribution in [0.25, 0.3) is 11.1 Å². The first-order valence-corrected chi connectivity index (χ1v) is 13.4. The second kappa shape index (κ2) is 11.2. The number of amides is 3. The molecule has 3 amide bonds. The van der Waals surface area contributed by atoms with E-state index < -0.39 is 30.6 Å². The molecule has 0 saturated carbocycles. The van der Waals surface area contributed by atoms with Crippen molar-refractivity contribution in [3.63, 3.8) is 0 Å². The molecule has 3 aromatic rings. The number of carbonyl (C=O) groups is 3. The monoisotopic (exact) mass is 549 g/mol. The predicted octanol–water partition coefficient (Wildman–Crippen LogP) is 5.53. The lowest BCUT2D eigenvalue weighted by atomic mass is 9.93. The van der Waals surface area contributed by atoms with Gasteiger partial charge in [-0.1, -0.05) is 67.9 Å². The third-order valence-corrected chi connectivity index (χ3v) is 7.48. The number of anilines is 1. The van der Waals surface area contributed by atoms with E-state index in [-0.39, 0.29) is 18.4 Å². The normalized spacial score (nSPS) is 17.9. The van der Waals surface area contributed by atoms with Gasteiger partial charge < -0.3 is 15.1 Å². The number of unbranched alkanes of at least 4 members (excludes halogenated alkanes) is 1. The summed E-state index contributed by atoms with van der Waals surface area (Å²) in [5, 5.41) is 2.80. The van der Waals surface area contributed by atoms with E-state index in [4.69, 9.17) is 0 Å². The average Bonchev–Trinajstić information content (AvgIpc) is 3.48. The zero-order valence-corrected chi connectivity index (χ0v) is 22.1. The topological polar surface area (TPSA) is 69.7 Å². The highest BCUT2D eigenvalue weighted by Gasteiger charge is 2.43. The van der Waals surface area contributed by atoms with Gasteiger partial charge in [0.25, 0.3) is 5.91 Å². The smallest absolute Gasteiger partial charge is 0.340 e. The van der Waals surface area contributed by atoms with Gasteiger partial charge in [-0.15, -0.1) is 0 Å². The van der Waals surface area contributed by atoms with Crippen LogP contribution in [0.5, 0.6) is 0 Å². The third kappa shape index (κ3) is 5.33. The highest BCUT2D eigenvalue weighted by molar-refractivity contribution is 6.07. The van der Waals surface area contributed by atoms with Crippen LogP contribution in [0.3, 0.4) is 0 Å². The van der Waals surface area contributed by atoms with Crippen LogP contribution in [0.15, 0.2) is 72.8 Å². The zero-order valence-electron chi connectivity index (χ0n) is 22.1. The lowest BCUT2D eigenvalue weighted by Crippen LogP contribution is -2.43. The number of nitrogens with one attached hydrogen (secondary N) is 1. The number of carbonyl (C=O) groups excluding carboxylic acids is 3. The van der Waals surface area contributed by atoms with Gasteiger partial charge in [0.2, 0.25) is 11.8 Å². The molecule has 0 bridgehead atoms. The number of alkyl halides is 3. The molecular formula is C31H30F3N3O3. The number of fused-ring (bicyclic) bond motifs is 3. The van der Waals surface area contributed by atoms with Gasteiger partial charge in [-0.3, -0.25) is 14.4 Å². The number of benzene rings is 3. The van der Waals surface area contributed by atoms with Crippen molar-refractivity contribution in [2.24, 2.45) is 0 Å². The van der Waals surface area contributed by atoms with Crippen molar-refractivity contribution in [2.75, 3.05) is 24.5 Å². The molecular weight excluding hydrogens is 519 g/mol. The number of hydrogen-bond donors (Lipinski definition) is 1. The minimum absolute atomic E-state index is 0.0127. The molecule has 1 aliphatic heterocycles. The average molecular weight is 550 g/mol. The Balaban J connectivity index is 1.50. The molecule has 0 spiro atoms. The van der Waals surface area contributed by atoms with Crippen molar-refractivity contribution in [3.8, 4) is 11.1 Å². The van der Waals surface area contributed by atoms with E-state index in [0.717, 1.165) is 16.0 Å². The molecule has 5 rings (SSSR count). The summed E-state index contributed by atoms with van der Waals surface area (Å²) in [6, 6.07) is 20.4. The standard InChI is InChI=1S/C31H30F3N3O3/c1-2-3-17-36(19-31(32,33)34)30(40)27-23-13-8-7-12-21(23)22-14-9-15-25(26(22)27)37-18-16-24(29(37)39)35-28(38)20-10-5-4-6-11-20/h4-15,24,27H,2-3,16-19H2,1H3,(H,35,38). The number of halogens is 3. The van der Waals surface area contributed by atoms with Gasteiger partial charge >= 0.3 is 6.18 Å². The molecule has 1 aliphatic carbocycles. The third-order valence-electron chi connectivity index (χ3n) is 7.48. The molecule has 208 valence electrons. The number of rotatable bonds is 8. The molecule has 2 atom stereocenters. The Bertz CT molecular complexity index is 1420. The van der Waals surface area contributed by atoms with E-state index in [9.17, 15) is 27.6 Å². The molecule has 0 radical (unpaired) electrons. The van der Waals surface area contributed by atoms with Crippen molar-refractivity contribution >= 4 is 23.4 Å². The van der Waals surface area contributed by atoms with Gasteiger partial charge in [0.15, 0.2) is 0 Å². The van der Waals surface area contributed by atoms with Crippen LogP contribution in [-0.4, -0.2) is 54.5 Å². The van der Waals surface area contributed by atoms with Crippen LogP contribution < -0.4 is 10.2 Å². The van der Waals surface area contributed by atoms with E-state index in [1.807, 2.05) is 25.1 Å². The fourth-order valence-electron chi connectivity index (χ4n) is 5.63. The molecule has 2 unspecified atom stereocenters. The molecule has 3 aromatic carbocycles. The van der Waals surface area contributed by atoms with Gasteiger partial charge in [-0.25, -0.2) is 0 Å². The van der Waals surface area contributed by atoms with Crippen molar-refractivity contribution in [3.05, 3.63) is 89.5 Å². The zero-order chi connectivity index (χ0) is 28.4. The Morgan fingerprint density at radius 3 is 2.40 bits per heavy atom. The van der Waals surface area contributed by atoms with Crippen LogP contribution in [0, 0.1) is 0 Å². The van der Waals surface area contributed by atoms with Gasteiger partial charge in [0.1, 0.15) is 12.6 Å². The molecule has 1 saturated heterocycles. The van der Waals surface area contributed by atoms with E-state index in [1.165, 1.54) is 0 Å². The SMILES string of the molecule is CCCCN(CC(F)(F)F)C(=O)C1c2ccccc2-c2cccc(N3CCC(NC(=O)c4ccccc4)C3=O)c21. The van der Waals surface area contributed by atoms with Gasteiger partial charge in [0, 0.05) is 29.9 Å². The summed E-state index contributed by atoms with van der Waals surface area (Å²) < 4.78 is 40.6. The van der Waals surface area contributed by atoms with Crippen LogP contribution in [0.2, 0.25) is 0 Å². The molecule has 6 nitrogen and oxygen atoms in total. The summed E-state index contributed by atoms with van der Waals surface area (Å²) in [6.07, 6.45) is -3.09. The van der Waals surface area contributed by atoms with Gasteiger partial charge in [-0.05, 0) is 47.7 Å². The first-order chi connectivity index (χ1) is 19.2. The quantitative estimate of drug-likeness (QED) is 0.402. The van der Waals surface area contributed by atoms with E-state index >= 15 is 0 Å². The van der Waals surface area contributed by atoms with Crippen LogP contribution in [-0.2, 0) is 9.59 Å². The van der Waals surface area contributed by atoms with Crippen molar-refractivity contribution < 1.29 is 27.6 Å². The summed E-state index contributed by atoms with van der Waals surface area (Å²) in [4.78, 5) is 42.6. The minimum Gasteiger partial charge on any atom is -0.340 e. The highest BCUT2D eigenvalue weighted by atomic mass is 19.4. The Morgan fingerprint density at radius 2 is 1.68 bits per heavy atom. The second-order valence-electron chi connectivity index (χ2n) is 10.2. The molecule has 40 heavy (non-hydrogen) atoms. The maximum absolute atomic E-state index is 13.9. The van der Waals surface area contributed by atoms with Crippen LogP contribution in [0.1, 0.15) is 53.6 Å². The molecule has 1 N–H and O–H groups in total. The van der Waals surface area contributed by atoms with Crippen molar-refractivity contribution in [1.29, 1.82) is 0 Å². The molecule has 1 fully saturated rings. The lowest BCUT2D eigenvalue weighted by Gasteiger charge is -2.29. The number of nitrogens with zero attached hydrogens (tertiary/aromatic N) is 2. The van der Waals surface area contributed by atoms with E-state index in [1.54, 1.807) is 59.5 Å².